The van der Waals surface area contributed by atoms with Gasteiger partial charge in [-0.2, -0.15) is 0 Å². The molecular formula is C24H30N8Pt. The average molecular weight is 626 g/mol. The first-order chi connectivity index (χ1) is 15.0. The first kappa shape index (κ1) is 26.5. The van der Waals surface area contributed by atoms with Crippen molar-refractivity contribution in [2.75, 3.05) is 0 Å². The van der Waals surface area contributed by atoms with Gasteiger partial charge in [-0.15, -0.1) is 0 Å². The van der Waals surface area contributed by atoms with Crippen molar-refractivity contribution < 1.29 is 21.1 Å². The van der Waals surface area contributed by atoms with E-state index in [9.17, 15) is 0 Å². The molecule has 9 heteroatoms. The van der Waals surface area contributed by atoms with Crippen LogP contribution in [0, 0.1) is 69.2 Å². The van der Waals surface area contributed by atoms with E-state index in [2.05, 4.69) is 40.3 Å². The molecule has 0 aromatic carbocycles. The molecule has 0 bridgehead atoms. The van der Waals surface area contributed by atoms with E-state index in [1.165, 1.54) is 0 Å². The molecule has 33 heavy (non-hydrogen) atoms. The molecule has 0 saturated heterocycles. The Labute approximate surface area is 209 Å². The maximum Gasteiger partial charge on any atom is 2.00 e. The molecule has 0 radical (unpaired) electrons. The van der Waals surface area contributed by atoms with Crippen LogP contribution in [0.3, 0.4) is 0 Å². The monoisotopic (exact) mass is 625 g/mol. The smallest absolute Gasteiger partial charge is 0.572 e. The van der Waals surface area contributed by atoms with Crippen molar-refractivity contribution in [3.8, 4) is 23.0 Å². The van der Waals surface area contributed by atoms with Crippen molar-refractivity contribution in [2.45, 2.75) is 69.2 Å². The van der Waals surface area contributed by atoms with Crippen LogP contribution in [0.2, 0.25) is 0 Å². The second-order valence-electron chi connectivity index (χ2n) is 8.20. The number of nitrogens with zero attached hydrogens (tertiary/aromatic N) is 8. The van der Waals surface area contributed by atoms with Crippen molar-refractivity contribution >= 4 is 0 Å². The molecule has 4 aromatic heterocycles. The molecule has 0 aliphatic heterocycles. The quantitative estimate of drug-likeness (QED) is 0.329. The van der Waals surface area contributed by atoms with Crippen LogP contribution < -0.4 is 10.2 Å². The molecule has 8 nitrogen and oxygen atoms in total. The van der Waals surface area contributed by atoms with Gasteiger partial charge in [-0.05, 0) is 91.5 Å². The third kappa shape index (κ3) is 5.44. The average Bonchev–Trinajstić information content (AvgIpc) is 3.25. The Morgan fingerprint density at radius 1 is 0.394 bits per heavy atom. The molecular weight excluding hydrogens is 595 g/mol. The van der Waals surface area contributed by atoms with Crippen LogP contribution >= 0.6 is 0 Å². The fourth-order valence-corrected chi connectivity index (χ4v) is 3.07. The molecule has 0 spiro atoms. The zero-order valence-electron chi connectivity index (χ0n) is 20.9. The third-order valence-electron chi connectivity index (χ3n) is 6.08. The number of aryl methyl sites for hydroxylation is 6. The zero-order valence-corrected chi connectivity index (χ0v) is 23.2. The van der Waals surface area contributed by atoms with Gasteiger partial charge in [0.2, 0.25) is 0 Å². The summed E-state index contributed by atoms with van der Waals surface area (Å²) < 4.78 is 0. The van der Waals surface area contributed by atoms with Crippen LogP contribution in [0.5, 0.6) is 0 Å². The normalized spacial score (nSPS) is 10.5. The van der Waals surface area contributed by atoms with E-state index >= 15 is 0 Å². The molecule has 4 aromatic rings. The van der Waals surface area contributed by atoms with E-state index in [4.69, 9.17) is 0 Å². The fourth-order valence-electron chi connectivity index (χ4n) is 3.07. The molecule has 0 amide bonds. The molecule has 0 N–H and O–H groups in total. The molecule has 176 valence electrons. The standard InChI is InChI=1S/2C12H15N4.Pt/c2*1-6-8(3)13-12(14-9(6)4)11-7(2)10(5)15-16-11;/h2*1-5H3;/q2*-1;+2. The Morgan fingerprint density at radius 2 is 0.667 bits per heavy atom. The zero-order chi connectivity index (χ0) is 23.7. The summed E-state index contributed by atoms with van der Waals surface area (Å²) in [5.41, 5.74) is 11.9. The van der Waals surface area contributed by atoms with Crippen LogP contribution in [0.4, 0.5) is 0 Å². The Hall–Kier alpha value is -2.73. The third-order valence-corrected chi connectivity index (χ3v) is 6.08. The van der Waals surface area contributed by atoms with Crippen molar-refractivity contribution in [2.24, 2.45) is 0 Å². The number of hydrogen-bond donors (Lipinski definition) is 0. The Balaban J connectivity index is 0.000000227. The predicted molar refractivity (Wildman–Crippen MR) is 125 cm³/mol. The summed E-state index contributed by atoms with van der Waals surface area (Å²) in [6.07, 6.45) is 0. The van der Waals surface area contributed by atoms with Gasteiger partial charge in [0.15, 0.2) is 0 Å². The summed E-state index contributed by atoms with van der Waals surface area (Å²) in [6, 6.07) is 0. The van der Waals surface area contributed by atoms with Crippen LogP contribution in [-0.4, -0.2) is 30.1 Å². The summed E-state index contributed by atoms with van der Waals surface area (Å²) >= 11 is 0. The van der Waals surface area contributed by atoms with Crippen molar-refractivity contribution in [3.05, 3.63) is 56.4 Å². The molecule has 0 atom stereocenters. The van der Waals surface area contributed by atoms with Crippen LogP contribution in [0.1, 0.15) is 56.4 Å². The summed E-state index contributed by atoms with van der Waals surface area (Å²) in [7, 11) is 0. The molecule has 0 aliphatic rings. The van der Waals surface area contributed by atoms with E-state index in [1.54, 1.807) is 0 Å². The topological polar surface area (TPSA) is 106 Å². The number of hydrogen-bond acceptors (Lipinski definition) is 6. The SMILES string of the molecule is Cc1nc(-c2[n-]nc(C)c2C)nc(C)c1C.Cc1nc(-c2[n-]nc(C)c2C)nc(C)c1C.[Pt+2]. The van der Waals surface area contributed by atoms with Crippen LogP contribution in [0.25, 0.3) is 23.0 Å². The summed E-state index contributed by atoms with van der Waals surface area (Å²) in [5, 5.41) is 16.3. The van der Waals surface area contributed by atoms with Gasteiger partial charge in [-0.3, -0.25) is 0 Å². The van der Waals surface area contributed by atoms with E-state index in [-0.39, 0.29) is 21.1 Å². The summed E-state index contributed by atoms with van der Waals surface area (Å²) in [5.74, 6) is 1.36. The number of aromatic nitrogens is 8. The predicted octanol–water partition coefficient (Wildman–Crippen LogP) is 4.07. The van der Waals surface area contributed by atoms with Gasteiger partial charge in [0, 0.05) is 34.2 Å². The molecule has 0 saturated carbocycles. The second kappa shape index (κ2) is 10.5. The van der Waals surface area contributed by atoms with Gasteiger partial charge < -0.3 is 20.4 Å². The van der Waals surface area contributed by atoms with Crippen LogP contribution in [-0.2, 0) is 21.1 Å². The van der Waals surface area contributed by atoms with Gasteiger partial charge in [0.1, 0.15) is 11.6 Å². The van der Waals surface area contributed by atoms with Gasteiger partial charge >= 0.3 is 21.1 Å². The number of rotatable bonds is 2. The van der Waals surface area contributed by atoms with Crippen molar-refractivity contribution in [1.82, 2.24) is 40.3 Å². The second-order valence-corrected chi connectivity index (χ2v) is 8.20. The van der Waals surface area contributed by atoms with Crippen LogP contribution in [0.15, 0.2) is 0 Å². The molecule has 0 aliphatic carbocycles. The van der Waals surface area contributed by atoms with Gasteiger partial charge in [-0.1, -0.05) is 11.4 Å². The van der Waals surface area contributed by atoms with E-state index < -0.39 is 0 Å². The molecule has 4 rings (SSSR count). The van der Waals surface area contributed by atoms with Gasteiger partial charge in [-0.25, -0.2) is 19.9 Å². The minimum atomic E-state index is 0. The van der Waals surface area contributed by atoms with Gasteiger partial charge in [0.25, 0.3) is 0 Å². The molecule has 0 unspecified atom stereocenters. The first-order valence-corrected chi connectivity index (χ1v) is 10.6. The Kier molecular flexibility index (Phi) is 8.41. The largest absolute Gasteiger partial charge is 2.00 e. The maximum absolute atomic E-state index is 4.46. The van der Waals surface area contributed by atoms with Crippen molar-refractivity contribution in [1.29, 1.82) is 0 Å². The maximum atomic E-state index is 4.46. The first-order valence-electron chi connectivity index (χ1n) is 10.6. The summed E-state index contributed by atoms with van der Waals surface area (Å²) in [4.78, 5) is 17.9. The Bertz CT molecular complexity index is 1140. The minimum Gasteiger partial charge on any atom is -0.572 e. The minimum absolute atomic E-state index is 0. The fraction of sp³-hybridized carbons (Fsp3) is 0.417. The van der Waals surface area contributed by atoms with E-state index in [0.29, 0.717) is 11.6 Å². The van der Waals surface area contributed by atoms with E-state index in [1.807, 2.05) is 69.2 Å². The summed E-state index contributed by atoms with van der Waals surface area (Å²) in [6.45, 7) is 19.9. The van der Waals surface area contributed by atoms with Crippen molar-refractivity contribution in [3.63, 3.8) is 0 Å². The van der Waals surface area contributed by atoms with Gasteiger partial charge in [0.05, 0.1) is 0 Å². The Morgan fingerprint density at radius 3 is 0.879 bits per heavy atom. The molecule has 0 fully saturated rings. The molecule has 4 heterocycles. The van der Waals surface area contributed by atoms with E-state index in [0.717, 1.165) is 67.8 Å².